The molecule has 112 valence electrons. The highest BCUT2D eigenvalue weighted by Crippen LogP contribution is 2.27. The molecule has 0 radical (unpaired) electrons. The van der Waals surface area contributed by atoms with Gasteiger partial charge in [0.05, 0.1) is 17.3 Å². The summed E-state index contributed by atoms with van der Waals surface area (Å²) < 4.78 is 15.3. The predicted molar refractivity (Wildman–Crippen MR) is 78.0 cm³/mol. The molecule has 0 aliphatic heterocycles. The third-order valence-corrected chi connectivity index (χ3v) is 3.28. The predicted octanol–water partition coefficient (Wildman–Crippen LogP) is 3.14. The van der Waals surface area contributed by atoms with Gasteiger partial charge in [-0.2, -0.15) is 0 Å². The third kappa shape index (κ3) is 3.62. The number of carbonyl (C=O) groups excluding carboxylic acids is 1. The van der Waals surface area contributed by atoms with Crippen LogP contribution in [0.15, 0.2) is 18.3 Å². The molecule has 2 N–H and O–H groups in total. The van der Waals surface area contributed by atoms with E-state index in [-0.39, 0.29) is 10.6 Å². The van der Waals surface area contributed by atoms with E-state index < -0.39 is 17.9 Å². The minimum absolute atomic E-state index is 0.0950. The zero-order valence-electron chi connectivity index (χ0n) is 11.2. The van der Waals surface area contributed by atoms with Crippen LogP contribution in [-0.4, -0.2) is 21.0 Å². The maximum atomic E-state index is 13.9. The minimum atomic E-state index is -0.623. The monoisotopic (exact) mass is 331 g/mol. The SMILES string of the molecule is CC(NC(=O)Nc1cnnn1C)c1cc(Cl)cc(Cl)c1F. The normalized spacial score (nSPS) is 12.0. The summed E-state index contributed by atoms with van der Waals surface area (Å²) >= 11 is 11.6. The van der Waals surface area contributed by atoms with Crippen LogP contribution in [0.5, 0.6) is 0 Å². The lowest BCUT2D eigenvalue weighted by atomic mass is 10.1. The van der Waals surface area contributed by atoms with Crippen LogP contribution < -0.4 is 10.6 Å². The Hall–Kier alpha value is -1.86. The fraction of sp³-hybridized carbons (Fsp3) is 0.250. The Labute approximate surface area is 130 Å². The molecular formula is C12H12Cl2FN5O. The van der Waals surface area contributed by atoms with Gasteiger partial charge in [-0.05, 0) is 19.1 Å². The number of hydrogen-bond acceptors (Lipinski definition) is 3. The maximum absolute atomic E-state index is 13.9. The van der Waals surface area contributed by atoms with Crippen molar-refractivity contribution in [2.45, 2.75) is 13.0 Å². The molecule has 0 bridgehead atoms. The number of anilines is 1. The van der Waals surface area contributed by atoms with E-state index in [1.165, 1.54) is 23.0 Å². The van der Waals surface area contributed by atoms with Crippen molar-refractivity contribution in [1.29, 1.82) is 0 Å². The molecule has 21 heavy (non-hydrogen) atoms. The average molecular weight is 332 g/mol. The van der Waals surface area contributed by atoms with Crippen molar-refractivity contribution in [2.24, 2.45) is 7.05 Å². The lowest BCUT2D eigenvalue weighted by Crippen LogP contribution is -2.32. The van der Waals surface area contributed by atoms with Crippen LogP contribution in [0, 0.1) is 5.82 Å². The van der Waals surface area contributed by atoms with E-state index in [2.05, 4.69) is 20.9 Å². The number of urea groups is 1. The number of benzene rings is 1. The molecule has 6 nitrogen and oxygen atoms in total. The molecule has 1 atom stereocenters. The van der Waals surface area contributed by atoms with E-state index in [4.69, 9.17) is 23.2 Å². The fourth-order valence-electron chi connectivity index (χ4n) is 1.72. The summed E-state index contributed by atoms with van der Waals surface area (Å²) in [4.78, 5) is 11.8. The van der Waals surface area contributed by atoms with Crippen LogP contribution in [0.2, 0.25) is 10.0 Å². The van der Waals surface area contributed by atoms with E-state index in [0.717, 1.165) is 0 Å². The van der Waals surface area contributed by atoms with Gasteiger partial charge < -0.3 is 5.32 Å². The summed E-state index contributed by atoms with van der Waals surface area (Å²) in [5.41, 5.74) is 0.200. The fourth-order valence-corrected chi connectivity index (χ4v) is 2.23. The number of nitrogens with zero attached hydrogens (tertiary/aromatic N) is 3. The van der Waals surface area contributed by atoms with Gasteiger partial charge in [0, 0.05) is 17.6 Å². The summed E-state index contributed by atoms with van der Waals surface area (Å²) in [5.74, 6) is -0.208. The van der Waals surface area contributed by atoms with Gasteiger partial charge in [0.15, 0.2) is 5.82 Å². The number of rotatable bonds is 3. The van der Waals surface area contributed by atoms with Crippen molar-refractivity contribution >= 4 is 35.1 Å². The molecule has 0 saturated heterocycles. The highest BCUT2D eigenvalue weighted by molar-refractivity contribution is 6.34. The maximum Gasteiger partial charge on any atom is 0.320 e. The molecule has 1 aromatic heterocycles. The second-order valence-electron chi connectivity index (χ2n) is 4.35. The van der Waals surface area contributed by atoms with Crippen molar-refractivity contribution in [3.8, 4) is 0 Å². The Balaban J connectivity index is 2.09. The molecular weight excluding hydrogens is 320 g/mol. The van der Waals surface area contributed by atoms with E-state index in [9.17, 15) is 9.18 Å². The Morgan fingerprint density at radius 2 is 2.14 bits per heavy atom. The topological polar surface area (TPSA) is 71.8 Å². The number of halogens is 3. The third-order valence-electron chi connectivity index (χ3n) is 2.79. The first-order valence-corrected chi connectivity index (χ1v) is 6.70. The smallest absolute Gasteiger partial charge is 0.320 e. The lowest BCUT2D eigenvalue weighted by molar-refractivity contribution is 0.249. The van der Waals surface area contributed by atoms with Gasteiger partial charge in [0.1, 0.15) is 5.82 Å². The van der Waals surface area contributed by atoms with Crippen molar-refractivity contribution in [3.05, 3.63) is 39.8 Å². The van der Waals surface area contributed by atoms with Crippen LogP contribution in [0.3, 0.4) is 0 Å². The van der Waals surface area contributed by atoms with Gasteiger partial charge >= 0.3 is 6.03 Å². The molecule has 0 fully saturated rings. The van der Waals surface area contributed by atoms with Gasteiger partial charge in [-0.25, -0.2) is 13.9 Å². The summed E-state index contributed by atoms with van der Waals surface area (Å²) in [6, 6.07) is 1.57. The first-order valence-electron chi connectivity index (χ1n) is 5.95. The van der Waals surface area contributed by atoms with Gasteiger partial charge in [-0.3, -0.25) is 5.32 Å². The average Bonchev–Trinajstić information content (AvgIpc) is 2.79. The first kappa shape index (κ1) is 15.5. The Morgan fingerprint density at radius 1 is 1.43 bits per heavy atom. The highest BCUT2D eigenvalue weighted by atomic mass is 35.5. The van der Waals surface area contributed by atoms with Crippen LogP contribution >= 0.6 is 23.2 Å². The number of aryl methyl sites for hydroxylation is 1. The lowest BCUT2D eigenvalue weighted by Gasteiger charge is -2.16. The zero-order chi connectivity index (χ0) is 15.6. The summed E-state index contributed by atoms with van der Waals surface area (Å²) in [6.07, 6.45) is 1.39. The molecule has 1 aromatic carbocycles. The molecule has 0 spiro atoms. The molecule has 0 aliphatic carbocycles. The molecule has 1 unspecified atom stereocenters. The molecule has 1 heterocycles. The van der Waals surface area contributed by atoms with Crippen LogP contribution in [0.1, 0.15) is 18.5 Å². The second kappa shape index (κ2) is 6.28. The molecule has 0 aliphatic rings. The van der Waals surface area contributed by atoms with E-state index in [0.29, 0.717) is 10.8 Å². The zero-order valence-corrected chi connectivity index (χ0v) is 12.7. The number of nitrogens with one attached hydrogen (secondary N) is 2. The summed E-state index contributed by atoms with van der Waals surface area (Å²) in [5, 5.41) is 12.6. The number of hydrogen-bond donors (Lipinski definition) is 2. The standard InChI is InChI=1S/C12H12Cl2FN5O/c1-6(8-3-7(13)4-9(14)11(8)15)17-12(21)18-10-5-16-19-20(10)2/h3-6H,1-2H3,(H2,17,18,21). The van der Waals surface area contributed by atoms with Gasteiger partial charge in [-0.1, -0.05) is 28.4 Å². The first-order chi connectivity index (χ1) is 9.88. The quantitative estimate of drug-likeness (QED) is 0.848. The Bertz CT molecular complexity index is 676. The molecule has 0 saturated carbocycles. The Morgan fingerprint density at radius 3 is 2.76 bits per heavy atom. The van der Waals surface area contributed by atoms with E-state index in [1.54, 1.807) is 14.0 Å². The molecule has 2 aromatic rings. The van der Waals surface area contributed by atoms with Gasteiger partial charge in [-0.15, -0.1) is 5.10 Å². The van der Waals surface area contributed by atoms with Crippen LogP contribution in [-0.2, 0) is 7.05 Å². The minimum Gasteiger partial charge on any atom is -0.331 e. The second-order valence-corrected chi connectivity index (χ2v) is 5.20. The Kier molecular flexibility index (Phi) is 4.64. The van der Waals surface area contributed by atoms with Crippen molar-refractivity contribution in [1.82, 2.24) is 20.3 Å². The highest BCUT2D eigenvalue weighted by Gasteiger charge is 2.17. The van der Waals surface area contributed by atoms with Crippen LogP contribution in [0.25, 0.3) is 0 Å². The summed E-state index contributed by atoms with van der Waals surface area (Å²) in [7, 11) is 1.63. The molecule has 9 heteroatoms. The number of amides is 2. The molecule has 2 rings (SSSR count). The van der Waals surface area contributed by atoms with Crippen LogP contribution in [0.4, 0.5) is 15.0 Å². The van der Waals surface area contributed by atoms with Gasteiger partial charge in [0.2, 0.25) is 0 Å². The van der Waals surface area contributed by atoms with Gasteiger partial charge in [0.25, 0.3) is 0 Å². The number of aromatic nitrogens is 3. The number of carbonyl (C=O) groups is 1. The van der Waals surface area contributed by atoms with Crippen molar-refractivity contribution in [2.75, 3.05) is 5.32 Å². The molecule has 2 amide bonds. The van der Waals surface area contributed by atoms with Crippen molar-refractivity contribution < 1.29 is 9.18 Å². The van der Waals surface area contributed by atoms with Crippen molar-refractivity contribution in [3.63, 3.8) is 0 Å². The van der Waals surface area contributed by atoms with E-state index >= 15 is 0 Å². The van der Waals surface area contributed by atoms with E-state index in [1.807, 2.05) is 0 Å². The summed E-state index contributed by atoms with van der Waals surface area (Å²) in [6.45, 7) is 1.62. The largest absolute Gasteiger partial charge is 0.331 e.